The Labute approximate surface area is 149 Å². The van der Waals surface area contributed by atoms with Crippen molar-refractivity contribution in [1.29, 1.82) is 0 Å². The minimum absolute atomic E-state index is 0.0696. The molecule has 1 amide bonds. The van der Waals surface area contributed by atoms with E-state index in [4.69, 9.17) is 17.3 Å². The van der Waals surface area contributed by atoms with Crippen molar-refractivity contribution in [1.82, 2.24) is 5.32 Å². The topological polar surface area (TPSA) is 92.4 Å². The number of Topliss-reactive ketones (excluding diaryl/α,β-unsaturated/α-hetero) is 1. The van der Waals surface area contributed by atoms with Gasteiger partial charge in [0.2, 0.25) is 0 Å². The molecule has 0 fully saturated rings. The lowest BCUT2D eigenvalue weighted by atomic mass is 10.0. The van der Waals surface area contributed by atoms with Gasteiger partial charge in [-0.15, -0.1) is 0 Å². The van der Waals surface area contributed by atoms with Crippen LogP contribution in [0.5, 0.6) is 0 Å². The van der Waals surface area contributed by atoms with Crippen LogP contribution in [0.1, 0.15) is 21.5 Å². The minimum atomic E-state index is -1.76. The number of aliphatic hydroxyl groups excluding tert-OH is 1. The number of amides is 1. The summed E-state index contributed by atoms with van der Waals surface area (Å²) in [5.74, 6) is -2.38. The summed E-state index contributed by atoms with van der Waals surface area (Å²) in [4.78, 5) is 24.6. The Morgan fingerprint density at radius 2 is 1.88 bits per heavy atom. The average Bonchev–Trinajstić information content (AvgIpc) is 2.58. The van der Waals surface area contributed by atoms with Gasteiger partial charge in [-0.05, 0) is 30.5 Å². The van der Waals surface area contributed by atoms with Gasteiger partial charge >= 0.3 is 0 Å². The molecule has 0 saturated carbocycles. The summed E-state index contributed by atoms with van der Waals surface area (Å²) in [5, 5.41) is 11.7. The SMILES string of the molecule is Cc1ccc(Cl)c(C(=O)N[C@@H](Cc2ccccc2)C(=O)C(N)O)c1F. The average molecular weight is 365 g/mol. The predicted molar refractivity (Wildman–Crippen MR) is 92.7 cm³/mol. The third-order valence-electron chi connectivity index (χ3n) is 3.73. The Hall–Kier alpha value is -2.28. The number of benzene rings is 2. The molecular formula is C18H18ClFN2O3. The first-order valence-electron chi connectivity index (χ1n) is 7.58. The third kappa shape index (κ3) is 4.63. The van der Waals surface area contributed by atoms with E-state index in [1.807, 2.05) is 0 Å². The minimum Gasteiger partial charge on any atom is -0.371 e. The first kappa shape index (κ1) is 19.1. The molecule has 0 aliphatic carbocycles. The van der Waals surface area contributed by atoms with E-state index >= 15 is 0 Å². The summed E-state index contributed by atoms with van der Waals surface area (Å²) in [5.41, 5.74) is 5.89. The highest BCUT2D eigenvalue weighted by Crippen LogP contribution is 2.22. The van der Waals surface area contributed by atoms with E-state index in [9.17, 15) is 19.1 Å². The van der Waals surface area contributed by atoms with Gasteiger partial charge in [0.25, 0.3) is 5.91 Å². The predicted octanol–water partition coefficient (Wildman–Crippen LogP) is 1.97. The molecule has 0 aromatic heterocycles. The first-order chi connectivity index (χ1) is 11.8. The van der Waals surface area contributed by atoms with Crippen LogP contribution < -0.4 is 11.1 Å². The van der Waals surface area contributed by atoms with Crippen LogP contribution in [0.2, 0.25) is 5.02 Å². The van der Waals surface area contributed by atoms with Gasteiger partial charge in [0, 0.05) is 0 Å². The van der Waals surface area contributed by atoms with E-state index in [1.165, 1.54) is 19.1 Å². The lowest BCUT2D eigenvalue weighted by molar-refractivity contribution is -0.128. The number of nitrogens with one attached hydrogen (secondary N) is 1. The van der Waals surface area contributed by atoms with Crippen LogP contribution in [0.3, 0.4) is 0 Å². The van der Waals surface area contributed by atoms with Crippen LogP contribution in [-0.4, -0.2) is 29.1 Å². The number of rotatable bonds is 6. The summed E-state index contributed by atoms with van der Waals surface area (Å²) in [6, 6.07) is 10.6. The van der Waals surface area contributed by atoms with Crippen LogP contribution in [0, 0.1) is 12.7 Å². The first-order valence-corrected chi connectivity index (χ1v) is 7.95. The van der Waals surface area contributed by atoms with Crippen molar-refractivity contribution in [3.05, 3.63) is 70.0 Å². The van der Waals surface area contributed by atoms with Gasteiger partial charge in [-0.2, -0.15) is 0 Å². The van der Waals surface area contributed by atoms with Crippen molar-refractivity contribution >= 4 is 23.3 Å². The molecule has 0 bridgehead atoms. The van der Waals surface area contributed by atoms with Crippen molar-refractivity contribution in [2.45, 2.75) is 25.6 Å². The van der Waals surface area contributed by atoms with Gasteiger partial charge in [-0.1, -0.05) is 48.0 Å². The largest absolute Gasteiger partial charge is 0.371 e. The number of hydrogen-bond acceptors (Lipinski definition) is 4. The second-order valence-corrected chi connectivity index (χ2v) is 6.02. The molecule has 132 valence electrons. The molecule has 0 spiro atoms. The quantitative estimate of drug-likeness (QED) is 0.683. The monoisotopic (exact) mass is 364 g/mol. The summed E-state index contributed by atoms with van der Waals surface area (Å²) in [6.45, 7) is 1.50. The Morgan fingerprint density at radius 3 is 2.48 bits per heavy atom. The number of ketones is 1. The molecule has 1 unspecified atom stereocenters. The zero-order chi connectivity index (χ0) is 18.6. The summed E-state index contributed by atoms with van der Waals surface area (Å²) in [7, 11) is 0. The van der Waals surface area contributed by atoms with E-state index in [-0.39, 0.29) is 22.6 Å². The van der Waals surface area contributed by atoms with E-state index in [2.05, 4.69) is 5.32 Å². The molecule has 0 saturated heterocycles. The molecule has 4 N–H and O–H groups in total. The zero-order valence-corrected chi connectivity index (χ0v) is 14.3. The van der Waals surface area contributed by atoms with Gasteiger partial charge in [-0.3, -0.25) is 15.3 Å². The number of aryl methyl sites for hydroxylation is 1. The maximum atomic E-state index is 14.2. The number of nitrogens with two attached hydrogens (primary N) is 1. The maximum Gasteiger partial charge on any atom is 0.256 e. The smallest absolute Gasteiger partial charge is 0.256 e. The van der Waals surface area contributed by atoms with Gasteiger partial charge in [0.05, 0.1) is 16.6 Å². The Balaban J connectivity index is 2.29. The normalized spacial score (nSPS) is 13.2. The molecule has 0 radical (unpaired) electrons. The number of hydrogen-bond donors (Lipinski definition) is 3. The summed E-state index contributed by atoms with van der Waals surface area (Å²) in [6.07, 6.45) is -1.66. The summed E-state index contributed by atoms with van der Waals surface area (Å²) < 4.78 is 14.2. The van der Waals surface area contributed by atoms with Crippen molar-refractivity contribution < 1.29 is 19.1 Å². The fourth-order valence-corrected chi connectivity index (χ4v) is 2.61. The van der Waals surface area contributed by atoms with Crippen LogP contribution in [-0.2, 0) is 11.2 Å². The number of halogens is 2. The van der Waals surface area contributed by atoms with Crippen molar-refractivity contribution in [3.8, 4) is 0 Å². The number of aliphatic hydroxyl groups is 1. The fraction of sp³-hybridized carbons (Fsp3) is 0.222. The Kier molecular flexibility index (Phi) is 6.25. The molecule has 0 heterocycles. The highest BCUT2D eigenvalue weighted by Gasteiger charge is 2.27. The Bertz CT molecular complexity index is 781. The standard InChI is InChI=1S/C18H18ClFN2O3/c1-10-7-8-12(19)14(15(10)20)18(25)22-13(16(23)17(21)24)9-11-5-3-2-4-6-11/h2-8,13,17,24H,9,21H2,1H3,(H,22,25)/t13-,17?/m0/s1. The number of carbonyl (C=O) groups is 2. The lowest BCUT2D eigenvalue weighted by Gasteiger charge is -2.20. The van der Waals surface area contributed by atoms with Crippen molar-refractivity contribution in [3.63, 3.8) is 0 Å². The van der Waals surface area contributed by atoms with Crippen LogP contribution >= 0.6 is 11.6 Å². The molecule has 5 nitrogen and oxygen atoms in total. The van der Waals surface area contributed by atoms with Crippen molar-refractivity contribution in [2.24, 2.45) is 5.73 Å². The van der Waals surface area contributed by atoms with Crippen LogP contribution in [0.4, 0.5) is 4.39 Å². The second kappa shape index (κ2) is 8.20. The molecule has 2 rings (SSSR count). The van der Waals surface area contributed by atoms with Crippen LogP contribution in [0.25, 0.3) is 0 Å². The second-order valence-electron chi connectivity index (χ2n) is 5.62. The zero-order valence-electron chi connectivity index (χ0n) is 13.5. The third-order valence-corrected chi connectivity index (χ3v) is 4.05. The maximum absolute atomic E-state index is 14.2. The molecule has 0 aliphatic heterocycles. The molecule has 2 aromatic rings. The van der Waals surface area contributed by atoms with E-state index in [1.54, 1.807) is 30.3 Å². The molecule has 0 aliphatic rings. The van der Waals surface area contributed by atoms with Crippen molar-refractivity contribution in [2.75, 3.05) is 0 Å². The van der Waals surface area contributed by atoms with Gasteiger partial charge in [-0.25, -0.2) is 4.39 Å². The molecular weight excluding hydrogens is 347 g/mol. The summed E-state index contributed by atoms with van der Waals surface area (Å²) >= 11 is 5.92. The molecule has 25 heavy (non-hydrogen) atoms. The number of carbonyl (C=O) groups excluding carboxylic acids is 2. The van der Waals surface area contributed by atoms with E-state index in [0.717, 1.165) is 5.56 Å². The molecule has 2 atom stereocenters. The van der Waals surface area contributed by atoms with Crippen LogP contribution in [0.15, 0.2) is 42.5 Å². The Morgan fingerprint density at radius 1 is 1.24 bits per heavy atom. The van der Waals surface area contributed by atoms with Gasteiger partial charge < -0.3 is 10.4 Å². The van der Waals surface area contributed by atoms with Gasteiger partial charge in [0.1, 0.15) is 5.82 Å². The highest BCUT2D eigenvalue weighted by molar-refractivity contribution is 6.34. The highest BCUT2D eigenvalue weighted by atomic mass is 35.5. The fourth-order valence-electron chi connectivity index (χ4n) is 2.37. The van der Waals surface area contributed by atoms with Gasteiger partial charge in [0.15, 0.2) is 12.0 Å². The van der Waals surface area contributed by atoms with E-state index in [0.29, 0.717) is 0 Å². The molecule has 7 heteroatoms. The molecule has 2 aromatic carbocycles. The van der Waals surface area contributed by atoms with E-state index < -0.39 is 29.8 Å². The lowest BCUT2D eigenvalue weighted by Crippen LogP contribution is -2.49.